The Hall–Kier alpha value is -3.46. The Bertz CT molecular complexity index is 1130. The summed E-state index contributed by atoms with van der Waals surface area (Å²) in [5, 5.41) is 9.75. The average molecular weight is 496 g/mol. The quantitative estimate of drug-likeness (QED) is 0.526. The number of anilines is 2. The predicted molar refractivity (Wildman–Crippen MR) is 124 cm³/mol. The summed E-state index contributed by atoms with van der Waals surface area (Å²) >= 11 is 3.46. The Balaban J connectivity index is 1.31. The van der Waals surface area contributed by atoms with E-state index in [2.05, 4.69) is 31.7 Å². The normalized spacial score (nSPS) is 15.6. The van der Waals surface area contributed by atoms with Gasteiger partial charge in [0.2, 0.25) is 17.7 Å². The molecule has 3 amide bonds. The van der Waals surface area contributed by atoms with Crippen molar-refractivity contribution in [2.75, 3.05) is 16.8 Å². The van der Waals surface area contributed by atoms with Crippen LogP contribution in [-0.4, -0.2) is 34.0 Å². The van der Waals surface area contributed by atoms with Crippen LogP contribution in [0.2, 0.25) is 0 Å². The van der Waals surface area contributed by atoms with Crippen LogP contribution in [0.25, 0.3) is 0 Å². The summed E-state index contributed by atoms with van der Waals surface area (Å²) in [6.45, 7) is 0.774. The van der Waals surface area contributed by atoms with Crippen LogP contribution >= 0.6 is 15.9 Å². The number of nitrogens with zero attached hydrogens (tertiary/aromatic N) is 3. The molecule has 1 aliphatic rings. The highest BCUT2D eigenvalue weighted by atomic mass is 79.9. The number of benzene rings is 2. The molecule has 164 valence electrons. The van der Waals surface area contributed by atoms with Gasteiger partial charge in [0.05, 0.1) is 11.6 Å². The van der Waals surface area contributed by atoms with Gasteiger partial charge in [-0.1, -0.05) is 24.3 Å². The number of carbonyl (C=O) groups excluding carboxylic acids is 3. The Kier molecular flexibility index (Phi) is 6.65. The molecule has 1 aromatic heterocycles. The maximum atomic E-state index is 12.7. The molecular weight excluding hydrogens is 474 g/mol. The van der Waals surface area contributed by atoms with Gasteiger partial charge in [-0.3, -0.25) is 19.1 Å². The molecule has 0 saturated carbocycles. The lowest BCUT2D eigenvalue weighted by atomic mass is 10.1. The number of rotatable bonds is 7. The van der Waals surface area contributed by atoms with E-state index in [4.69, 9.17) is 0 Å². The second-order valence-electron chi connectivity index (χ2n) is 7.53. The largest absolute Gasteiger partial charge is 0.352 e. The Morgan fingerprint density at radius 2 is 1.97 bits per heavy atom. The predicted octanol–water partition coefficient (Wildman–Crippen LogP) is 2.95. The molecule has 0 radical (unpaired) electrons. The van der Waals surface area contributed by atoms with E-state index in [1.54, 1.807) is 34.1 Å². The topological polar surface area (TPSA) is 96.3 Å². The molecule has 1 atom stereocenters. The zero-order chi connectivity index (χ0) is 22.5. The van der Waals surface area contributed by atoms with Crippen LogP contribution in [-0.2, 0) is 27.5 Å². The summed E-state index contributed by atoms with van der Waals surface area (Å²) in [5.74, 6) is -0.835. The van der Waals surface area contributed by atoms with Gasteiger partial charge in [-0.2, -0.15) is 5.10 Å². The van der Waals surface area contributed by atoms with Gasteiger partial charge >= 0.3 is 0 Å². The van der Waals surface area contributed by atoms with Crippen LogP contribution in [0.5, 0.6) is 0 Å². The molecule has 3 aromatic rings. The molecule has 1 unspecified atom stereocenters. The van der Waals surface area contributed by atoms with Crippen molar-refractivity contribution in [3.63, 3.8) is 0 Å². The zero-order valence-electron chi connectivity index (χ0n) is 17.2. The van der Waals surface area contributed by atoms with Crippen LogP contribution in [0.4, 0.5) is 11.4 Å². The van der Waals surface area contributed by atoms with Gasteiger partial charge in [0.1, 0.15) is 6.54 Å². The first-order chi connectivity index (χ1) is 15.5. The third-order valence-corrected chi connectivity index (χ3v) is 5.85. The fourth-order valence-corrected chi connectivity index (χ4v) is 4.12. The molecule has 0 aliphatic carbocycles. The minimum absolute atomic E-state index is 0.0704. The van der Waals surface area contributed by atoms with E-state index in [9.17, 15) is 14.4 Å². The van der Waals surface area contributed by atoms with E-state index in [1.165, 1.54) is 0 Å². The second-order valence-corrected chi connectivity index (χ2v) is 8.38. The van der Waals surface area contributed by atoms with Crippen LogP contribution < -0.4 is 15.5 Å². The van der Waals surface area contributed by atoms with Gasteiger partial charge in [-0.05, 0) is 51.8 Å². The lowest BCUT2D eigenvalue weighted by Crippen LogP contribution is -2.32. The lowest BCUT2D eigenvalue weighted by molar-refractivity contribution is -0.126. The number of amides is 3. The summed E-state index contributed by atoms with van der Waals surface area (Å²) < 4.78 is 2.36. The summed E-state index contributed by atoms with van der Waals surface area (Å²) in [5.41, 5.74) is 2.26. The summed E-state index contributed by atoms with van der Waals surface area (Å²) in [4.78, 5) is 38.9. The van der Waals surface area contributed by atoms with Gasteiger partial charge in [0.15, 0.2) is 0 Å². The fourth-order valence-electron chi connectivity index (χ4n) is 3.62. The molecule has 1 saturated heterocycles. The highest BCUT2D eigenvalue weighted by Gasteiger charge is 2.35. The number of nitrogens with one attached hydrogen (secondary N) is 2. The first-order valence-electron chi connectivity index (χ1n) is 10.2. The van der Waals surface area contributed by atoms with Crippen molar-refractivity contribution in [3.05, 3.63) is 77.0 Å². The molecule has 1 fully saturated rings. The molecule has 2 heterocycles. The van der Waals surface area contributed by atoms with Crippen LogP contribution in [0.3, 0.4) is 0 Å². The number of para-hydroxylation sites is 1. The van der Waals surface area contributed by atoms with E-state index in [1.807, 2.05) is 42.5 Å². The van der Waals surface area contributed by atoms with Crippen molar-refractivity contribution in [1.29, 1.82) is 0 Å². The number of halogens is 1. The Morgan fingerprint density at radius 1 is 1.12 bits per heavy atom. The summed E-state index contributed by atoms with van der Waals surface area (Å²) in [7, 11) is 0. The molecule has 0 bridgehead atoms. The van der Waals surface area contributed by atoms with E-state index in [-0.39, 0.29) is 30.7 Å². The lowest BCUT2D eigenvalue weighted by Gasteiger charge is -2.18. The van der Waals surface area contributed by atoms with E-state index < -0.39 is 5.92 Å². The number of hydrogen-bond acceptors (Lipinski definition) is 4. The minimum atomic E-state index is -0.411. The monoisotopic (exact) mass is 495 g/mol. The molecule has 2 N–H and O–H groups in total. The Morgan fingerprint density at radius 3 is 2.75 bits per heavy atom. The van der Waals surface area contributed by atoms with Crippen molar-refractivity contribution in [1.82, 2.24) is 15.1 Å². The van der Waals surface area contributed by atoms with Gasteiger partial charge in [-0.25, -0.2) is 0 Å². The minimum Gasteiger partial charge on any atom is -0.352 e. The van der Waals surface area contributed by atoms with Gasteiger partial charge in [0, 0.05) is 42.1 Å². The van der Waals surface area contributed by atoms with Crippen molar-refractivity contribution >= 4 is 45.0 Å². The van der Waals surface area contributed by atoms with Crippen LogP contribution in [0.1, 0.15) is 12.0 Å². The Labute approximate surface area is 193 Å². The van der Waals surface area contributed by atoms with Gasteiger partial charge in [-0.15, -0.1) is 0 Å². The van der Waals surface area contributed by atoms with Crippen LogP contribution in [0, 0.1) is 5.92 Å². The first-order valence-corrected chi connectivity index (χ1v) is 11.0. The van der Waals surface area contributed by atoms with Crippen LogP contribution in [0.15, 0.2) is 71.5 Å². The van der Waals surface area contributed by atoms with Gasteiger partial charge < -0.3 is 15.5 Å². The first kappa shape index (κ1) is 21.8. The highest BCUT2D eigenvalue weighted by molar-refractivity contribution is 9.10. The second kappa shape index (κ2) is 9.78. The maximum Gasteiger partial charge on any atom is 0.246 e. The molecule has 32 heavy (non-hydrogen) atoms. The smallest absolute Gasteiger partial charge is 0.246 e. The molecule has 2 aromatic carbocycles. The van der Waals surface area contributed by atoms with E-state index >= 15 is 0 Å². The zero-order valence-corrected chi connectivity index (χ0v) is 18.8. The summed E-state index contributed by atoms with van der Waals surface area (Å²) in [6, 6.07) is 16.5. The fraction of sp³-hybridized carbons (Fsp3) is 0.217. The van der Waals surface area contributed by atoms with E-state index in [0.29, 0.717) is 18.8 Å². The maximum absolute atomic E-state index is 12.7. The molecule has 8 nitrogen and oxygen atoms in total. The standard InChI is InChI=1S/C23H22BrN5O3/c24-19-7-1-2-8-20(19)29-14-17(12-22(29)31)23(32)25-13-16-5-3-6-18(11-16)27-21(30)15-28-10-4-9-26-28/h1-11,17H,12-15H2,(H,25,32)(H,27,30). The average Bonchev–Trinajstić information content (AvgIpc) is 3.42. The van der Waals surface area contributed by atoms with Crippen molar-refractivity contribution in [3.8, 4) is 0 Å². The SMILES string of the molecule is O=C(Cn1cccn1)Nc1cccc(CNC(=O)C2CC(=O)N(c3ccccc3Br)C2)c1. The highest BCUT2D eigenvalue weighted by Crippen LogP contribution is 2.31. The van der Waals surface area contributed by atoms with Crippen molar-refractivity contribution < 1.29 is 14.4 Å². The van der Waals surface area contributed by atoms with E-state index in [0.717, 1.165) is 15.7 Å². The van der Waals surface area contributed by atoms with Crippen molar-refractivity contribution in [2.45, 2.75) is 19.5 Å². The molecule has 9 heteroatoms. The number of carbonyl (C=O) groups is 3. The third kappa shape index (κ3) is 5.23. The molecule has 1 aliphatic heterocycles. The summed E-state index contributed by atoms with van der Waals surface area (Å²) in [6.07, 6.45) is 3.51. The molecular formula is C23H22BrN5O3. The van der Waals surface area contributed by atoms with Crippen molar-refractivity contribution in [2.24, 2.45) is 5.92 Å². The third-order valence-electron chi connectivity index (χ3n) is 5.18. The molecule has 4 rings (SSSR count). The molecule has 0 spiro atoms. The number of hydrogen-bond donors (Lipinski definition) is 2. The van der Waals surface area contributed by atoms with Gasteiger partial charge in [0.25, 0.3) is 0 Å². The number of aromatic nitrogens is 2.